The SMILES string of the molecule is CN(C)C1(CNC(=O)/C=C/c2ccc(F)cc2)CCCCCC1. The second kappa shape index (κ2) is 8.25. The molecule has 0 radical (unpaired) electrons. The summed E-state index contributed by atoms with van der Waals surface area (Å²) in [5.41, 5.74) is 0.883. The summed E-state index contributed by atoms with van der Waals surface area (Å²) in [6.45, 7) is 0.673. The van der Waals surface area contributed by atoms with Crippen LogP contribution >= 0.6 is 0 Å². The van der Waals surface area contributed by atoms with E-state index in [1.807, 2.05) is 0 Å². The monoisotopic (exact) mass is 318 g/mol. The fourth-order valence-electron chi connectivity index (χ4n) is 3.23. The first kappa shape index (κ1) is 17.7. The molecule has 1 aromatic rings. The van der Waals surface area contributed by atoms with Crippen LogP contribution in [0.15, 0.2) is 30.3 Å². The van der Waals surface area contributed by atoms with Crippen molar-refractivity contribution < 1.29 is 9.18 Å². The fourth-order valence-corrected chi connectivity index (χ4v) is 3.23. The van der Waals surface area contributed by atoms with Gasteiger partial charge in [-0.25, -0.2) is 4.39 Å². The number of carbonyl (C=O) groups excluding carboxylic acids is 1. The zero-order valence-electron chi connectivity index (χ0n) is 14.1. The predicted molar refractivity (Wildman–Crippen MR) is 92.6 cm³/mol. The van der Waals surface area contributed by atoms with Crippen LogP contribution in [-0.2, 0) is 4.79 Å². The summed E-state index contributed by atoms with van der Waals surface area (Å²) in [7, 11) is 4.21. The molecule has 3 nitrogen and oxygen atoms in total. The molecule has 126 valence electrons. The highest BCUT2D eigenvalue weighted by Crippen LogP contribution is 2.30. The number of hydrogen-bond donors (Lipinski definition) is 1. The zero-order chi connectivity index (χ0) is 16.7. The molecule has 0 bridgehead atoms. The molecule has 1 aromatic carbocycles. The highest BCUT2D eigenvalue weighted by Gasteiger charge is 2.33. The fraction of sp³-hybridized carbons (Fsp3) is 0.526. The minimum absolute atomic E-state index is 0.0654. The molecule has 23 heavy (non-hydrogen) atoms. The second-order valence-electron chi connectivity index (χ2n) is 6.64. The average Bonchev–Trinajstić information content (AvgIpc) is 2.79. The van der Waals surface area contributed by atoms with Gasteiger partial charge in [0.1, 0.15) is 5.82 Å². The third kappa shape index (κ3) is 5.17. The lowest BCUT2D eigenvalue weighted by Gasteiger charge is -2.39. The van der Waals surface area contributed by atoms with Crippen LogP contribution in [-0.4, -0.2) is 37.0 Å². The molecule has 4 heteroatoms. The number of rotatable bonds is 5. The normalized spacial score (nSPS) is 18.1. The van der Waals surface area contributed by atoms with E-state index in [0.717, 1.165) is 18.4 Å². The van der Waals surface area contributed by atoms with E-state index in [9.17, 15) is 9.18 Å². The summed E-state index contributed by atoms with van der Waals surface area (Å²) in [5.74, 6) is -0.368. The van der Waals surface area contributed by atoms with Crippen molar-refractivity contribution in [3.05, 3.63) is 41.7 Å². The Morgan fingerprint density at radius 3 is 2.35 bits per heavy atom. The molecular weight excluding hydrogens is 291 g/mol. The van der Waals surface area contributed by atoms with Gasteiger partial charge in [-0.3, -0.25) is 4.79 Å². The molecule has 1 aliphatic rings. The smallest absolute Gasteiger partial charge is 0.244 e. The molecule has 0 aliphatic heterocycles. The van der Waals surface area contributed by atoms with Gasteiger partial charge in [-0.05, 0) is 50.7 Å². The number of nitrogens with one attached hydrogen (secondary N) is 1. The molecule has 0 atom stereocenters. The minimum atomic E-state index is -0.270. The predicted octanol–water partition coefficient (Wildman–Crippen LogP) is 3.61. The van der Waals surface area contributed by atoms with E-state index >= 15 is 0 Å². The summed E-state index contributed by atoms with van der Waals surface area (Å²) in [5, 5.41) is 3.04. The maximum absolute atomic E-state index is 12.9. The van der Waals surface area contributed by atoms with E-state index in [1.54, 1.807) is 18.2 Å². The molecule has 0 saturated heterocycles. The first-order valence-corrected chi connectivity index (χ1v) is 8.41. The molecular formula is C19H27FN2O. The van der Waals surface area contributed by atoms with E-state index in [-0.39, 0.29) is 17.3 Å². The molecule has 0 spiro atoms. The number of nitrogens with zero attached hydrogens (tertiary/aromatic N) is 1. The Morgan fingerprint density at radius 2 is 1.78 bits per heavy atom. The van der Waals surface area contributed by atoms with Crippen molar-refractivity contribution in [3.63, 3.8) is 0 Å². The summed E-state index contributed by atoms with van der Waals surface area (Å²) < 4.78 is 12.9. The van der Waals surface area contributed by atoms with Crippen molar-refractivity contribution in [2.45, 2.75) is 44.1 Å². The number of halogens is 1. The van der Waals surface area contributed by atoms with Gasteiger partial charge >= 0.3 is 0 Å². The van der Waals surface area contributed by atoms with Crippen molar-refractivity contribution >= 4 is 12.0 Å². The van der Waals surface area contributed by atoms with Crippen LogP contribution in [0.3, 0.4) is 0 Å². The quantitative estimate of drug-likeness (QED) is 0.664. The van der Waals surface area contributed by atoms with Gasteiger partial charge in [-0.1, -0.05) is 37.8 Å². The number of amides is 1. The first-order valence-electron chi connectivity index (χ1n) is 8.41. The topological polar surface area (TPSA) is 32.3 Å². The summed E-state index contributed by atoms with van der Waals surface area (Å²) in [6, 6.07) is 6.10. The second-order valence-corrected chi connectivity index (χ2v) is 6.64. The lowest BCUT2D eigenvalue weighted by molar-refractivity contribution is -0.117. The minimum Gasteiger partial charge on any atom is -0.351 e. The molecule has 2 rings (SSSR count). The first-order chi connectivity index (χ1) is 11.0. The number of likely N-dealkylation sites (N-methyl/N-ethyl adjacent to an activating group) is 1. The molecule has 1 N–H and O–H groups in total. The van der Waals surface area contributed by atoms with Gasteiger partial charge < -0.3 is 10.2 Å². The summed E-state index contributed by atoms with van der Waals surface area (Å²) in [6.07, 6.45) is 10.5. The van der Waals surface area contributed by atoms with Crippen LogP contribution in [0, 0.1) is 5.82 Å². The van der Waals surface area contributed by atoms with Crippen LogP contribution in [0.5, 0.6) is 0 Å². The van der Waals surface area contributed by atoms with Gasteiger partial charge in [0, 0.05) is 18.2 Å². The van der Waals surface area contributed by atoms with Crippen LogP contribution in [0.25, 0.3) is 6.08 Å². The molecule has 1 fully saturated rings. The van der Waals surface area contributed by atoms with Gasteiger partial charge in [-0.2, -0.15) is 0 Å². The number of carbonyl (C=O) groups is 1. The molecule has 0 heterocycles. The lowest BCUT2D eigenvalue weighted by atomic mass is 9.88. The van der Waals surface area contributed by atoms with E-state index in [1.165, 1.54) is 43.9 Å². The van der Waals surface area contributed by atoms with Crippen LogP contribution in [0.4, 0.5) is 4.39 Å². The highest BCUT2D eigenvalue weighted by molar-refractivity contribution is 5.91. The van der Waals surface area contributed by atoms with Crippen molar-refractivity contribution in [2.75, 3.05) is 20.6 Å². The Balaban J connectivity index is 1.92. The molecule has 1 aliphatic carbocycles. The molecule has 1 amide bonds. The average molecular weight is 318 g/mol. The van der Waals surface area contributed by atoms with Crippen molar-refractivity contribution in [1.82, 2.24) is 10.2 Å². The van der Waals surface area contributed by atoms with Crippen molar-refractivity contribution in [1.29, 1.82) is 0 Å². The Hall–Kier alpha value is -1.68. The van der Waals surface area contributed by atoms with Crippen LogP contribution in [0.1, 0.15) is 44.1 Å². The highest BCUT2D eigenvalue weighted by atomic mass is 19.1. The lowest BCUT2D eigenvalue weighted by Crippen LogP contribution is -2.52. The van der Waals surface area contributed by atoms with E-state index in [0.29, 0.717) is 6.54 Å². The summed E-state index contributed by atoms with van der Waals surface area (Å²) in [4.78, 5) is 14.4. The van der Waals surface area contributed by atoms with Crippen molar-refractivity contribution in [3.8, 4) is 0 Å². The third-order valence-corrected chi connectivity index (χ3v) is 4.87. The van der Waals surface area contributed by atoms with Crippen LogP contribution in [0.2, 0.25) is 0 Å². The van der Waals surface area contributed by atoms with E-state index in [4.69, 9.17) is 0 Å². The van der Waals surface area contributed by atoms with Gasteiger partial charge in [0.25, 0.3) is 0 Å². The summed E-state index contributed by atoms with van der Waals surface area (Å²) >= 11 is 0. The third-order valence-electron chi connectivity index (χ3n) is 4.87. The Kier molecular flexibility index (Phi) is 6.34. The van der Waals surface area contributed by atoms with Crippen molar-refractivity contribution in [2.24, 2.45) is 0 Å². The number of hydrogen-bond acceptors (Lipinski definition) is 2. The molecule has 0 unspecified atom stereocenters. The molecule has 1 saturated carbocycles. The Bertz CT molecular complexity index is 529. The Labute approximate surface area is 138 Å². The van der Waals surface area contributed by atoms with Gasteiger partial charge in [0.05, 0.1) is 0 Å². The Morgan fingerprint density at radius 1 is 1.17 bits per heavy atom. The van der Waals surface area contributed by atoms with Gasteiger partial charge in [0.2, 0.25) is 5.91 Å². The van der Waals surface area contributed by atoms with Gasteiger partial charge in [0.15, 0.2) is 0 Å². The van der Waals surface area contributed by atoms with Gasteiger partial charge in [-0.15, -0.1) is 0 Å². The van der Waals surface area contributed by atoms with E-state index < -0.39 is 0 Å². The number of benzene rings is 1. The largest absolute Gasteiger partial charge is 0.351 e. The zero-order valence-corrected chi connectivity index (χ0v) is 14.1. The molecule has 0 aromatic heterocycles. The van der Waals surface area contributed by atoms with E-state index in [2.05, 4.69) is 24.3 Å². The maximum Gasteiger partial charge on any atom is 0.244 e. The standard InChI is InChI=1S/C19H27FN2O/c1-22(2)19(13-5-3-4-6-14-19)15-21-18(23)12-9-16-7-10-17(20)11-8-16/h7-12H,3-6,13-15H2,1-2H3,(H,21,23)/b12-9+. The maximum atomic E-state index is 12.9. The van der Waals surface area contributed by atoms with Crippen LogP contribution < -0.4 is 5.32 Å².